The highest BCUT2D eigenvalue weighted by Gasteiger charge is 2.25. The van der Waals surface area contributed by atoms with Gasteiger partial charge in [0.15, 0.2) is 0 Å². The largest absolute Gasteiger partial charge is 0.461 e. The summed E-state index contributed by atoms with van der Waals surface area (Å²) < 4.78 is 5.09. The molecule has 1 aliphatic carbocycles. The molecule has 1 saturated carbocycles. The topological polar surface area (TPSA) is 101 Å². The Kier molecular flexibility index (Phi) is 12.6. The number of nitrogens with zero attached hydrogens (tertiary/aromatic N) is 3. The van der Waals surface area contributed by atoms with Gasteiger partial charge in [-0.15, -0.1) is 10.2 Å². The zero-order valence-electron chi connectivity index (χ0n) is 22.2. The molecule has 1 heterocycles. The number of carbonyl (C=O) groups is 1. The van der Waals surface area contributed by atoms with Crippen molar-refractivity contribution in [2.75, 3.05) is 23.4 Å². The minimum absolute atomic E-state index is 0.250. The third kappa shape index (κ3) is 8.71. The number of benzene rings is 1. The highest BCUT2D eigenvalue weighted by molar-refractivity contribution is 7.17. The Balaban J connectivity index is 0.00000145. The Hall–Kier alpha value is -2.77. The standard InChI is InChI=1S/C26H40N4O2S.CO2/c1-6-11-19(5)20-14-15-23(30(17-18(3)4)21-12-9-8-10-13-21)22(16-20)27-26-29-28-24(33-26)25(31)32-7-2;2-1-3/h14-16,18-19,21H,6-13,17H2,1-5H3,(H,27,29);. The van der Waals surface area contributed by atoms with Crippen LogP contribution in [0.4, 0.5) is 16.5 Å². The van der Waals surface area contributed by atoms with E-state index in [-0.39, 0.29) is 11.2 Å². The van der Waals surface area contributed by atoms with Crippen molar-refractivity contribution in [3.63, 3.8) is 0 Å². The lowest BCUT2D eigenvalue weighted by atomic mass is 9.92. The fraction of sp³-hybridized carbons (Fsp3) is 0.630. The molecule has 0 saturated heterocycles. The van der Waals surface area contributed by atoms with Gasteiger partial charge >= 0.3 is 12.1 Å². The van der Waals surface area contributed by atoms with E-state index >= 15 is 0 Å². The lowest BCUT2D eigenvalue weighted by molar-refractivity contribution is -0.191. The first-order valence-electron chi connectivity index (χ1n) is 13.0. The van der Waals surface area contributed by atoms with E-state index in [1.807, 2.05) is 0 Å². The molecule has 198 valence electrons. The third-order valence-corrected chi connectivity index (χ3v) is 7.13. The van der Waals surface area contributed by atoms with Crippen molar-refractivity contribution in [2.24, 2.45) is 5.92 Å². The molecular weight excluding hydrogens is 476 g/mol. The third-order valence-electron chi connectivity index (χ3n) is 6.31. The maximum Gasteiger partial charge on any atom is 0.373 e. The van der Waals surface area contributed by atoms with Gasteiger partial charge in [-0.2, -0.15) is 9.59 Å². The van der Waals surface area contributed by atoms with Crippen molar-refractivity contribution in [3.8, 4) is 0 Å². The first-order chi connectivity index (χ1) is 17.3. The molecular formula is C27H40N4O4S. The van der Waals surface area contributed by atoms with Crippen molar-refractivity contribution in [1.29, 1.82) is 0 Å². The molecule has 3 rings (SSSR count). The van der Waals surface area contributed by atoms with Crippen LogP contribution in [-0.4, -0.2) is 41.5 Å². The predicted octanol–water partition coefficient (Wildman–Crippen LogP) is 6.57. The number of rotatable bonds is 11. The van der Waals surface area contributed by atoms with E-state index in [1.165, 1.54) is 54.7 Å². The maximum absolute atomic E-state index is 12.1. The van der Waals surface area contributed by atoms with E-state index in [4.69, 9.17) is 14.3 Å². The second-order valence-corrected chi connectivity index (χ2v) is 10.6. The summed E-state index contributed by atoms with van der Waals surface area (Å²) in [7, 11) is 0. The molecule has 8 nitrogen and oxygen atoms in total. The zero-order valence-corrected chi connectivity index (χ0v) is 23.0. The number of aromatic nitrogens is 2. The molecule has 1 aromatic carbocycles. The second kappa shape index (κ2) is 15.4. The summed E-state index contributed by atoms with van der Waals surface area (Å²) in [6.45, 7) is 12.2. The van der Waals surface area contributed by atoms with Crippen molar-refractivity contribution in [3.05, 3.63) is 28.8 Å². The fourth-order valence-electron chi connectivity index (χ4n) is 4.70. The van der Waals surface area contributed by atoms with Crippen LogP contribution in [0.25, 0.3) is 0 Å². The van der Waals surface area contributed by atoms with E-state index in [1.54, 1.807) is 6.92 Å². The Morgan fingerprint density at radius 1 is 1.17 bits per heavy atom. The lowest BCUT2D eigenvalue weighted by Crippen LogP contribution is -2.39. The summed E-state index contributed by atoms with van der Waals surface area (Å²) in [5, 5.41) is 12.7. The van der Waals surface area contributed by atoms with Gasteiger partial charge in [-0.05, 0) is 55.7 Å². The Morgan fingerprint density at radius 2 is 1.86 bits per heavy atom. The van der Waals surface area contributed by atoms with E-state index in [0.29, 0.717) is 29.6 Å². The highest BCUT2D eigenvalue weighted by Crippen LogP contribution is 2.37. The van der Waals surface area contributed by atoms with E-state index in [0.717, 1.165) is 25.1 Å². The molecule has 1 aliphatic rings. The number of ether oxygens (including phenoxy) is 1. The SMILES string of the molecule is CCCC(C)c1ccc(N(CC(C)C)C2CCCCC2)c(Nc2nnc(C(=O)OCC)s2)c1.O=C=O. The van der Waals surface area contributed by atoms with Crippen molar-refractivity contribution < 1.29 is 19.1 Å². The Morgan fingerprint density at radius 3 is 2.47 bits per heavy atom. The van der Waals surface area contributed by atoms with Crippen LogP contribution >= 0.6 is 11.3 Å². The lowest BCUT2D eigenvalue weighted by Gasteiger charge is -2.38. The number of hydrogen-bond donors (Lipinski definition) is 1. The maximum atomic E-state index is 12.1. The van der Waals surface area contributed by atoms with Gasteiger partial charge in [-0.25, -0.2) is 4.79 Å². The van der Waals surface area contributed by atoms with Gasteiger partial charge in [-0.1, -0.05) is 70.8 Å². The molecule has 0 amide bonds. The number of hydrogen-bond acceptors (Lipinski definition) is 9. The second-order valence-electron chi connectivity index (χ2n) is 9.65. The van der Waals surface area contributed by atoms with E-state index < -0.39 is 5.97 Å². The van der Waals surface area contributed by atoms with Gasteiger partial charge in [-0.3, -0.25) is 0 Å². The Bertz CT molecular complexity index is 982. The van der Waals surface area contributed by atoms with E-state index in [2.05, 4.69) is 66.3 Å². The molecule has 0 bridgehead atoms. The van der Waals surface area contributed by atoms with Crippen LogP contribution in [0, 0.1) is 5.92 Å². The van der Waals surface area contributed by atoms with Crippen LogP contribution in [0.3, 0.4) is 0 Å². The average Bonchev–Trinajstić information content (AvgIpc) is 3.33. The van der Waals surface area contributed by atoms with Gasteiger partial charge in [0.2, 0.25) is 10.1 Å². The van der Waals surface area contributed by atoms with E-state index in [9.17, 15) is 4.79 Å². The molecule has 1 atom stereocenters. The van der Waals surface area contributed by atoms with Gasteiger partial charge < -0.3 is 15.0 Å². The van der Waals surface area contributed by atoms with Gasteiger partial charge in [0, 0.05) is 12.6 Å². The molecule has 1 fully saturated rings. The molecule has 9 heteroatoms. The van der Waals surface area contributed by atoms with Gasteiger partial charge in [0.1, 0.15) is 0 Å². The predicted molar refractivity (Wildman–Crippen MR) is 143 cm³/mol. The molecule has 2 aromatic rings. The molecule has 36 heavy (non-hydrogen) atoms. The number of anilines is 3. The molecule has 0 spiro atoms. The highest BCUT2D eigenvalue weighted by atomic mass is 32.1. The van der Waals surface area contributed by atoms with Crippen molar-refractivity contribution >= 4 is 40.0 Å². The average molecular weight is 517 g/mol. The molecule has 0 radical (unpaired) electrons. The molecule has 0 aliphatic heterocycles. The minimum atomic E-state index is -0.419. The number of nitrogens with one attached hydrogen (secondary N) is 1. The normalized spacial score (nSPS) is 14.4. The monoisotopic (exact) mass is 516 g/mol. The van der Waals surface area contributed by atoms with Crippen LogP contribution in [0.2, 0.25) is 0 Å². The first-order valence-corrected chi connectivity index (χ1v) is 13.8. The van der Waals surface area contributed by atoms with Crippen LogP contribution in [-0.2, 0) is 14.3 Å². The van der Waals surface area contributed by atoms with Crippen LogP contribution in [0.15, 0.2) is 18.2 Å². The van der Waals surface area contributed by atoms with Gasteiger partial charge in [0.25, 0.3) is 0 Å². The number of esters is 1. The summed E-state index contributed by atoms with van der Waals surface area (Å²) in [6.07, 6.45) is 8.99. The smallest absolute Gasteiger partial charge is 0.373 e. The summed E-state index contributed by atoms with van der Waals surface area (Å²) in [5.41, 5.74) is 3.59. The first kappa shape index (κ1) is 29.5. The van der Waals surface area contributed by atoms with Crippen molar-refractivity contribution in [2.45, 2.75) is 91.5 Å². The summed E-state index contributed by atoms with van der Waals surface area (Å²) in [5.74, 6) is 0.634. The molecule has 1 N–H and O–H groups in total. The summed E-state index contributed by atoms with van der Waals surface area (Å²) in [4.78, 5) is 30.9. The minimum Gasteiger partial charge on any atom is -0.461 e. The van der Waals surface area contributed by atoms with Crippen LogP contribution in [0.5, 0.6) is 0 Å². The fourth-order valence-corrected chi connectivity index (χ4v) is 5.35. The van der Waals surface area contributed by atoms with Crippen LogP contribution in [0.1, 0.15) is 101 Å². The number of carbonyl (C=O) groups excluding carboxylic acids is 3. The summed E-state index contributed by atoms with van der Waals surface area (Å²) >= 11 is 1.24. The quantitative estimate of drug-likeness (QED) is 0.334. The van der Waals surface area contributed by atoms with Gasteiger partial charge in [0.05, 0.1) is 18.0 Å². The van der Waals surface area contributed by atoms with Crippen molar-refractivity contribution in [1.82, 2.24) is 10.2 Å². The molecule has 1 unspecified atom stereocenters. The van der Waals surface area contributed by atoms with Crippen LogP contribution < -0.4 is 10.2 Å². The zero-order chi connectivity index (χ0) is 26.5. The molecule has 1 aromatic heterocycles. The summed E-state index contributed by atoms with van der Waals surface area (Å²) in [6, 6.07) is 7.41. The Labute approximate surface area is 218 Å².